The minimum absolute atomic E-state index is 0.431. The summed E-state index contributed by atoms with van der Waals surface area (Å²) in [5.74, 6) is 0. The maximum atomic E-state index is 5.32. The van der Waals surface area contributed by atoms with Crippen molar-refractivity contribution in [3.05, 3.63) is 0 Å². The highest BCUT2D eigenvalue weighted by atomic mass is 16.5. The summed E-state index contributed by atoms with van der Waals surface area (Å²) in [4.78, 5) is 2.53. The van der Waals surface area contributed by atoms with E-state index in [9.17, 15) is 0 Å². The highest BCUT2D eigenvalue weighted by Crippen LogP contribution is 2.11. The van der Waals surface area contributed by atoms with Gasteiger partial charge in [-0.25, -0.2) is 0 Å². The van der Waals surface area contributed by atoms with E-state index < -0.39 is 0 Å². The molecule has 0 radical (unpaired) electrons. The van der Waals surface area contributed by atoms with E-state index in [1.807, 2.05) is 0 Å². The van der Waals surface area contributed by atoms with Crippen LogP contribution in [0.25, 0.3) is 0 Å². The van der Waals surface area contributed by atoms with Gasteiger partial charge in [0.25, 0.3) is 0 Å². The van der Waals surface area contributed by atoms with Crippen LogP contribution in [0, 0.1) is 0 Å². The molecular weight excluding hydrogens is 240 g/mol. The zero-order chi connectivity index (χ0) is 14.5. The molecule has 0 heterocycles. The molecule has 1 N–H and O–H groups in total. The van der Waals surface area contributed by atoms with Gasteiger partial charge in [-0.2, -0.15) is 0 Å². The van der Waals surface area contributed by atoms with Gasteiger partial charge >= 0.3 is 0 Å². The minimum atomic E-state index is 0.431. The van der Waals surface area contributed by atoms with Crippen molar-refractivity contribution in [3.8, 4) is 0 Å². The Bertz CT molecular complexity index is 191. The molecule has 0 bridgehead atoms. The molecule has 2 atom stereocenters. The van der Waals surface area contributed by atoms with E-state index >= 15 is 0 Å². The molecular formula is C15H34N2O2. The van der Waals surface area contributed by atoms with E-state index in [4.69, 9.17) is 9.47 Å². The van der Waals surface area contributed by atoms with Crippen molar-refractivity contribution in [2.45, 2.75) is 52.1 Å². The van der Waals surface area contributed by atoms with Crippen LogP contribution >= 0.6 is 0 Å². The third kappa shape index (κ3) is 8.58. The second-order valence-electron chi connectivity index (χ2n) is 5.18. The topological polar surface area (TPSA) is 33.7 Å². The van der Waals surface area contributed by atoms with Crippen molar-refractivity contribution in [1.82, 2.24) is 10.2 Å². The van der Waals surface area contributed by atoms with E-state index in [0.29, 0.717) is 12.1 Å². The fraction of sp³-hybridized carbons (Fsp3) is 1.00. The summed E-state index contributed by atoms with van der Waals surface area (Å²) in [7, 11) is 3.54. The Morgan fingerprint density at radius 1 is 1.11 bits per heavy atom. The highest BCUT2D eigenvalue weighted by Gasteiger charge is 2.22. The lowest BCUT2D eigenvalue weighted by Crippen LogP contribution is -2.49. The first-order valence-electron chi connectivity index (χ1n) is 7.65. The fourth-order valence-electron chi connectivity index (χ4n) is 2.46. The molecule has 0 aromatic heterocycles. The van der Waals surface area contributed by atoms with E-state index in [1.165, 1.54) is 19.3 Å². The van der Waals surface area contributed by atoms with Crippen LogP contribution in [-0.4, -0.2) is 64.1 Å². The van der Waals surface area contributed by atoms with Crippen LogP contribution in [-0.2, 0) is 9.47 Å². The summed E-state index contributed by atoms with van der Waals surface area (Å²) < 4.78 is 10.6. The van der Waals surface area contributed by atoms with Crippen LogP contribution in [0.2, 0.25) is 0 Å². The third-order valence-electron chi connectivity index (χ3n) is 3.43. The molecule has 0 aromatic carbocycles. The number of hydrogen-bond acceptors (Lipinski definition) is 4. The maximum Gasteiger partial charge on any atom is 0.0615 e. The Labute approximate surface area is 119 Å². The molecule has 19 heavy (non-hydrogen) atoms. The second kappa shape index (κ2) is 12.9. The van der Waals surface area contributed by atoms with Crippen molar-refractivity contribution in [3.63, 3.8) is 0 Å². The number of methoxy groups -OCH3 is 2. The third-order valence-corrected chi connectivity index (χ3v) is 3.43. The van der Waals surface area contributed by atoms with Crippen LogP contribution in [0.5, 0.6) is 0 Å². The predicted molar refractivity (Wildman–Crippen MR) is 81.8 cm³/mol. The Morgan fingerprint density at radius 2 is 1.84 bits per heavy atom. The summed E-state index contributed by atoms with van der Waals surface area (Å²) in [6, 6.07) is 0.997. The van der Waals surface area contributed by atoms with Gasteiger partial charge in [0.1, 0.15) is 0 Å². The van der Waals surface area contributed by atoms with Gasteiger partial charge < -0.3 is 14.8 Å². The first-order chi connectivity index (χ1) is 9.21. The normalized spacial score (nSPS) is 14.8. The van der Waals surface area contributed by atoms with Gasteiger partial charge in [-0.1, -0.05) is 20.3 Å². The Hall–Kier alpha value is -0.160. The van der Waals surface area contributed by atoms with Crippen LogP contribution in [0.4, 0.5) is 0 Å². The predicted octanol–water partition coefficient (Wildman–Crippen LogP) is 2.14. The number of nitrogens with one attached hydrogen (secondary N) is 1. The van der Waals surface area contributed by atoms with Gasteiger partial charge in [0.2, 0.25) is 0 Å². The molecule has 0 amide bonds. The number of rotatable bonds is 13. The van der Waals surface area contributed by atoms with Gasteiger partial charge in [-0.15, -0.1) is 0 Å². The number of ether oxygens (including phenoxy) is 2. The number of nitrogens with zero attached hydrogens (tertiary/aromatic N) is 1. The average molecular weight is 274 g/mol. The lowest BCUT2D eigenvalue weighted by molar-refractivity contribution is 0.0439. The molecule has 4 nitrogen and oxygen atoms in total. The Kier molecular flexibility index (Phi) is 12.7. The largest absolute Gasteiger partial charge is 0.383 e. The van der Waals surface area contributed by atoms with E-state index in [0.717, 1.165) is 32.8 Å². The minimum Gasteiger partial charge on any atom is -0.383 e. The standard InChI is InChI=1S/C15H34N2O2/c1-6-8-15(12-16-9-7-2)17(10-11-18-4)14(3)13-19-5/h14-16H,6-13H2,1-5H3. The van der Waals surface area contributed by atoms with E-state index in [1.54, 1.807) is 14.2 Å². The second-order valence-corrected chi connectivity index (χ2v) is 5.18. The van der Waals surface area contributed by atoms with Crippen molar-refractivity contribution in [1.29, 1.82) is 0 Å². The average Bonchev–Trinajstić information content (AvgIpc) is 2.39. The molecule has 0 aliphatic heterocycles. The zero-order valence-electron chi connectivity index (χ0n) is 13.6. The summed E-state index contributed by atoms with van der Waals surface area (Å²) in [6.45, 7) is 11.4. The molecule has 0 aliphatic rings. The Balaban J connectivity index is 4.49. The lowest BCUT2D eigenvalue weighted by atomic mass is 10.1. The number of hydrogen-bond donors (Lipinski definition) is 1. The molecule has 0 rings (SSSR count). The zero-order valence-corrected chi connectivity index (χ0v) is 13.6. The summed E-state index contributed by atoms with van der Waals surface area (Å²) in [5, 5.41) is 3.55. The monoisotopic (exact) mass is 274 g/mol. The summed E-state index contributed by atoms with van der Waals surface area (Å²) >= 11 is 0. The maximum absolute atomic E-state index is 5.32. The molecule has 116 valence electrons. The molecule has 0 saturated carbocycles. The van der Waals surface area contributed by atoms with Crippen LogP contribution in [0.1, 0.15) is 40.0 Å². The van der Waals surface area contributed by atoms with Crippen molar-refractivity contribution in [2.24, 2.45) is 0 Å². The fourth-order valence-corrected chi connectivity index (χ4v) is 2.46. The van der Waals surface area contributed by atoms with Crippen molar-refractivity contribution < 1.29 is 9.47 Å². The molecule has 0 aliphatic carbocycles. The Morgan fingerprint density at radius 3 is 2.37 bits per heavy atom. The van der Waals surface area contributed by atoms with Gasteiger partial charge in [0, 0.05) is 39.4 Å². The first-order valence-corrected chi connectivity index (χ1v) is 7.65. The van der Waals surface area contributed by atoms with Crippen molar-refractivity contribution >= 4 is 0 Å². The smallest absolute Gasteiger partial charge is 0.0615 e. The SMILES string of the molecule is CCCNCC(CCC)N(CCOC)C(C)COC. The molecule has 0 saturated heterocycles. The molecule has 2 unspecified atom stereocenters. The van der Waals surface area contributed by atoms with Crippen LogP contribution in [0.15, 0.2) is 0 Å². The lowest BCUT2D eigenvalue weighted by Gasteiger charge is -2.36. The summed E-state index contributed by atoms with van der Waals surface area (Å²) in [5.41, 5.74) is 0. The van der Waals surface area contributed by atoms with Gasteiger partial charge in [0.15, 0.2) is 0 Å². The van der Waals surface area contributed by atoms with E-state index in [2.05, 4.69) is 31.0 Å². The van der Waals surface area contributed by atoms with Crippen LogP contribution < -0.4 is 5.32 Å². The van der Waals surface area contributed by atoms with E-state index in [-0.39, 0.29) is 0 Å². The molecule has 4 heteroatoms. The molecule has 0 fully saturated rings. The first kappa shape index (κ1) is 18.8. The summed E-state index contributed by atoms with van der Waals surface area (Å²) in [6.07, 6.45) is 3.61. The highest BCUT2D eigenvalue weighted by molar-refractivity contribution is 4.78. The van der Waals surface area contributed by atoms with Crippen LogP contribution in [0.3, 0.4) is 0 Å². The van der Waals surface area contributed by atoms with Gasteiger partial charge in [0.05, 0.1) is 13.2 Å². The molecule has 0 spiro atoms. The van der Waals surface area contributed by atoms with Crippen molar-refractivity contribution in [2.75, 3.05) is 47.1 Å². The molecule has 0 aromatic rings. The van der Waals surface area contributed by atoms with Gasteiger partial charge in [-0.3, -0.25) is 4.90 Å². The quantitative estimate of drug-likeness (QED) is 0.522. The van der Waals surface area contributed by atoms with Gasteiger partial charge in [-0.05, 0) is 26.3 Å².